The molecule has 0 fully saturated rings. The average Bonchev–Trinajstić information content (AvgIpc) is 3.44. The summed E-state index contributed by atoms with van der Waals surface area (Å²) in [6.07, 6.45) is 2.18. The first kappa shape index (κ1) is 29.0. The second kappa shape index (κ2) is 12.6. The zero-order valence-electron chi connectivity index (χ0n) is 22.9. The molecule has 0 atom stereocenters. The Kier molecular flexibility index (Phi) is 8.69. The molecule has 0 saturated carbocycles. The smallest absolute Gasteiger partial charge is 0.265 e. The zero-order chi connectivity index (χ0) is 29.7. The molecule has 2 aromatic heterocycles. The molecule has 0 spiro atoms. The van der Waals surface area contributed by atoms with Gasteiger partial charge < -0.3 is 9.32 Å². The molecule has 0 bridgehead atoms. The number of unbranched alkanes of at least 4 members (excludes halogenated alkanes) is 1. The third kappa shape index (κ3) is 7.04. The van der Waals surface area contributed by atoms with Crippen LogP contribution in [0.2, 0.25) is 0 Å². The number of carbonyl (C=O) groups excluding carboxylic acids is 1. The molecule has 11 heteroatoms. The summed E-state index contributed by atoms with van der Waals surface area (Å²) in [7, 11) is -3.59. The van der Waals surface area contributed by atoms with Gasteiger partial charge in [0.1, 0.15) is 23.1 Å². The molecule has 1 N–H and O–H groups in total. The van der Waals surface area contributed by atoms with Gasteiger partial charge in [0.05, 0.1) is 28.9 Å². The summed E-state index contributed by atoms with van der Waals surface area (Å²) in [5.41, 5.74) is 2.42. The van der Waals surface area contributed by atoms with Gasteiger partial charge in [0.2, 0.25) is 10.0 Å². The summed E-state index contributed by atoms with van der Waals surface area (Å²) in [5, 5.41) is 4.45. The van der Waals surface area contributed by atoms with Gasteiger partial charge in [-0.2, -0.15) is 0 Å². The Morgan fingerprint density at radius 1 is 1.00 bits per heavy atom. The summed E-state index contributed by atoms with van der Waals surface area (Å²) in [5.74, 6) is 0.348. The number of aryl methyl sites for hydroxylation is 1. The highest BCUT2D eigenvalue weighted by Gasteiger charge is 2.17. The lowest BCUT2D eigenvalue weighted by Crippen LogP contribution is -2.24. The van der Waals surface area contributed by atoms with Crippen LogP contribution in [0.25, 0.3) is 27.8 Å². The van der Waals surface area contributed by atoms with Gasteiger partial charge >= 0.3 is 0 Å². The molecule has 5 rings (SSSR count). The van der Waals surface area contributed by atoms with Crippen molar-refractivity contribution < 1.29 is 22.1 Å². The Morgan fingerprint density at radius 3 is 2.50 bits per heavy atom. The lowest BCUT2D eigenvalue weighted by molar-refractivity contribution is -0.117. The van der Waals surface area contributed by atoms with Gasteiger partial charge in [-0.25, -0.2) is 22.5 Å². The number of hydrogen-bond donors (Lipinski definition) is 1. The van der Waals surface area contributed by atoms with Gasteiger partial charge in [-0.05, 0) is 61.7 Å². The van der Waals surface area contributed by atoms with Crippen molar-refractivity contribution in [2.45, 2.75) is 44.9 Å². The van der Waals surface area contributed by atoms with E-state index in [0.717, 1.165) is 0 Å². The highest BCUT2D eigenvalue weighted by Crippen LogP contribution is 2.24. The molecular weight excluding hydrogens is 559 g/mol. The predicted molar refractivity (Wildman–Crippen MR) is 157 cm³/mol. The number of fused-ring (bicyclic) bond motifs is 1. The van der Waals surface area contributed by atoms with Crippen molar-refractivity contribution >= 4 is 26.7 Å². The number of benzene rings is 3. The third-order valence-electron chi connectivity index (χ3n) is 6.72. The fourth-order valence-corrected chi connectivity index (χ4v) is 5.73. The average molecular weight is 589 g/mol. The van der Waals surface area contributed by atoms with Crippen LogP contribution in [-0.2, 0) is 33.5 Å². The zero-order valence-corrected chi connectivity index (χ0v) is 23.7. The fraction of sp³-hybridized carbons (Fsp3) is 0.226. The van der Waals surface area contributed by atoms with Gasteiger partial charge in [-0.15, -0.1) is 0 Å². The van der Waals surface area contributed by atoms with Crippen molar-refractivity contribution in [2.24, 2.45) is 0 Å². The summed E-state index contributed by atoms with van der Waals surface area (Å²) in [4.78, 5) is 29.8. The number of Topliss-reactive ketones (excluding diaryl/α,β-unsaturated/α-hetero) is 1. The van der Waals surface area contributed by atoms with Crippen LogP contribution in [0.3, 0.4) is 0 Å². The first-order valence-corrected chi connectivity index (χ1v) is 15.1. The Bertz CT molecular complexity index is 1880. The van der Waals surface area contributed by atoms with E-state index in [1.54, 1.807) is 55.5 Å². The maximum absolute atomic E-state index is 13.6. The number of hydrogen-bond acceptors (Lipinski definition) is 7. The number of ketones is 1. The van der Waals surface area contributed by atoms with E-state index >= 15 is 0 Å². The molecule has 0 radical (unpaired) electrons. The van der Waals surface area contributed by atoms with E-state index in [9.17, 15) is 22.4 Å². The molecule has 0 amide bonds. The fourth-order valence-electron chi connectivity index (χ4n) is 4.63. The van der Waals surface area contributed by atoms with Crippen LogP contribution in [0.1, 0.15) is 43.3 Å². The minimum Gasteiger partial charge on any atom is -0.359 e. The number of carbonyl (C=O) groups is 1. The van der Waals surface area contributed by atoms with E-state index in [-0.39, 0.29) is 23.6 Å². The largest absolute Gasteiger partial charge is 0.359 e. The molecule has 216 valence electrons. The highest BCUT2D eigenvalue weighted by molar-refractivity contribution is 7.88. The number of rotatable bonds is 12. The number of sulfonamides is 1. The Labute approximate surface area is 242 Å². The van der Waals surface area contributed by atoms with Crippen molar-refractivity contribution in [2.75, 3.05) is 0 Å². The third-order valence-corrected chi connectivity index (χ3v) is 8.02. The molecular formula is C31H29FN4O5S. The lowest BCUT2D eigenvalue weighted by Gasteiger charge is -2.14. The van der Waals surface area contributed by atoms with E-state index in [4.69, 9.17) is 9.51 Å². The second-order valence-electron chi connectivity index (χ2n) is 10.0. The predicted octanol–water partition coefficient (Wildman–Crippen LogP) is 5.10. The molecule has 2 heterocycles. The molecule has 5 aromatic rings. The lowest BCUT2D eigenvalue weighted by atomic mass is 10.1. The monoisotopic (exact) mass is 588 g/mol. The van der Waals surface area contributed by atoms with Crippen molar-refractivity contribution in [3.05, 3.63) is 112 Å². The number of nitrogens with zero attached hydrogens (tertiary/aromatic N) is 3. The van der Waals surface area contributed by atoms with Crippen molar-refractivity contribution in [1.82, 2.24) is 19.4 Å². The summed E-state index contributed by atoms with van der Waals surface area (Å²) < 4.78 is 48.0. The van der Waals surface area contributed by atoms with Gasteiger partial charge in [0.25, 0.3) is 5.56 Å². The number of aromatic nitrogens is 3. The van der Waals surface area contributed by atoms with Crippen molar-refractivity contribution in [3.63, 3.8) is 0 Å². The molecule has 0 unspecified atom stereocenters. The first-order chi connectivity index (χ1) is 20.2. The Balaban J connectivity index is 1.40. The van der Waals surface area contributed by atoms with Gasteiger partial charge in [0, 0.05) is 24.5 Å². The van der Waals surface area contributed by atoms with Crippen LogP contribution < -0.4 is 10.3 Å². The van der Waals surface area contributed by atoms with Crippen LogP contribution in [0.15, 0.2) is 88.2 Å². The Hall–Kier alpha value is -4.48. The molecule has 0 saturated heterocycles. The SMILES string of the molecule is CC(=O)CCCCc1nc2cc(-c3cc(CNS(=O)(=O)Cc4ccccc4)on3)ccc2c(=O)n1-c1ccc(F)cc1. The maximum Gasteiger partial charge on any atom is 0.265 e. The summed E-state index contributed by atoms with van der Waals surface area (Å²) in [6.45, 7) is 1.47. The van der Waals surface area contributed by atoms with Crippen LogP contribution in [-0.4, -0.2) is 28.9 Å². The molecule has 3 aromatic carbocycles. The number of halogens is 1. The maximum atomic E-state index is 13.6. The molecule has 0 aliphatic rings. The summed E-state index contributed by atoms with van der Waals surface area (Å²) >= 11 is 0. The van der Waals surface area contributed by atoms with Crippen LogP contribution in [0.5, 0.6) is 0 Å². The standard InChI is InChI=1S/C31H29FN4O5S/c1-21(37)7-5-6-10-30-34-29-17-23(11-16-27(29)31(38)36(30)25-14-12-24(32)13-15-25)28-18-26(41-35-28)19-33-42(39,40)20-22-8-3-2-4-9-22/h2-4,8-9,11-18,33H,5-7,10,19-20H2,1H3. The van der Waals surface area contributed by atoms with E-state index < -0.39 is 15.8 Å². The minimum absolute atomic E-state index is 0.0687. The van der Waals surface area contributed by atoms with Crippen LogP contribution in [0.4, 0.5) is 4.39 Å². The molecule has 0 aliphatic carbocycles. The highest BCUT2D eigenvalue weighted by atomic mass is 32.2. The Morgan fingerprint density at radius 2 is 1.76 bits per heavy atom. The second-order valence-corrected chi connectivity index (χ2v) is 11.8. The summed E-state index contributed by atoms with van der Waals surface area (Å²) in [6, 6.07) is 21.2. The van der Waals surface area contributed by atoms with Gasteiger partial charge in [-0.3, -0.25) is 9.36 Å². The van der Waals surface area contributed by atoms with Crippen molar-refractivity contribution in [1.29, 1.82) is 0 Å². The van der Waals surface area contributed by atoms with E-state index in [1.165, 1.54) is 28.8 Å². The topological polar surface area (TPSA) is 124 Å². The van der Waals surface area contributed by atoms with Crippen LogP contribution >= 0.6 is 0 Å². The minimum atomic E-state index is -3.59. The molecule has 9 nitrogen and oxygen atoms in total. The number of nitrogens with one attached hydrogen (secondary N) is 1. The molecule has 42 heavy (non-hydrogen) atoms. The van der Waals surface area contributed by atoms with Crippen LogP contribution in [0, 0.1) is 5.82 Å². The van der Waals surface area contributed by atoms with E-state index in [1.807, 2.05) is 6.07 Å². The first-order valence-electron chi connectivity index (χ1n) is 13.5. The van der Waals surface area contributed by atoms with Gasteiger partial charge in [0.15, 0.2) is 5.76 Å². The molecule has 0 aliphatic heterocycles. The van der Waals surface area contributed by atoms with Crippen molar-refractivity contribution in [3.8, 4) is 16.9 Å². The van der Waals surface area contributed by atoms with E-state index in [2.05, 4.69) is 9.88 Å². The van der Waals surface area contributed by atoms with Gasteiger partial charge in [-0.1, -0.05) is 41.6 Å². The normalized spacial score (nSPS) is 11.7. The quantitative estimate of drug-likeness (QED) is 0.201. The van der Waals surface area contributed by atoms with E-state index in [0.29, 0.717) is 70.7 Å².